The number of halogens is 8. The van der Waals surface area contributed by atoms with Gasteiger partial charge in [0.15, 0.2) is 0 Å². The van der Waals surface area contributed by atoms with Crippen LogP contribution < -0.4 is 5.32 Å². The highest BCUT2D eigenvalue weighted by atomic mass is 32.2. The second-order valence-corrected chi connectivity index (χ2v) is 12.6. The molecular weight excluding hydrogens is 614 g/mol. The normalized spacial score (nSPS) is 15.6. The predicted molar refractivity (Wildman–Crippen MR) is 145 cm³/mol. The van der Waals surface area contributed by atoms with Crippen molar-refractivity contribution < 1.29 is 49.6 Å². The number of nitrogens with zero attached hydrogens (tertiary/aromatic N) is 2. The van der Waals surface area contributed by atoms with Gasteiger partial charge in [-0.15, -0.1) is 0 Å². The first kappa shape index (κ1) is 36.5. The number of rotatable bonds is 17. The van der Waals surface area contributed by atoms with Crippen LogP contribution in [-0.4, -0.2) is 58.5 Å². The largest absolute Gasteiger partial charge is 0.453 e. The molecule has 0 aliphatic carbocycles. The zero-order valence-corrected chi connectivity index (χ0v) is 24.6. The molecule has 16 heteroatoms. The fourth-order valence-electron chi connectivity index (χ4n) is 4.95. The average molecular weight is 650 g/mol. The predicted octanol–water partition coefficient (Wildman–Crippen LogP) is 8.33. The number of nitrogens with one attached hydrogen (secondary N) is 1. The van der Waals surface area contributed by atoms with Gasteiger partial charge in [-0.05, 0) is 66.6 Å². The molecule has 3 amide bonds. The summed E-state index contributed by atoms with van der Waals surface area (Å²) in [5.41, 5.74) is -2.61. The topological polar surface area (TPSA) is 92.6 Å². The van der Waals surface area contributed by atoms with Gasteiger partial charge in [0.1, 0.15) is 12.1 Å². The molecule has 0 aromatic heterocycles. The monoisotopic (exact) mass is 649 g/mol. The summed E-state index contributed by atoms with van der Waals surface area (Å²) in [5.74, 6) is -4.95. The van der Waals surface area contributed by atoms with Crippen molar-refractivity contribution in [3.63, 3.8) is 0 Å². The number of alkyl halides is 8. The van der Waals surface area contributed by atoms with Gasteiger partial charge in [0, 0.05) is 19.0 Å². The molecule has 0 saturated carbocycles. The van der Waals surface area contributed by atoms with Crippen molar-refractivity contribution in [1.82, 2.24) is 10.2 Å². The van der Waals surface area contributed by atoms with Crippen molar-refractivity contribution in [2.45, 2.75) is 89.4 Å². The minimum absolute atomic E-state index is 0.0861. The van der Waals surface area contributed by atoms with E-state index >= 15 is 0 Å². The first-order valence-corrected chi connectivity index (χ1v) is 14.9. The lowest BCUT2D eigenvalue weighted by atomic mass is 9.75. The second-order valence-electron chi connectivity index (χ2n) is 11.4. The van der Waals surface area contributed by atoms with Crippen LogP contribution in [0.25, 0.3) is 0 Å². The van der Waals surface area contributed by atoms with E-state index in [1.807, 2.05) is 13.8 Å². The first-order chi connectivity index (χ1) is 19.7. The smallest absolute Gasteiger partial charge is 0.315 e. The maximum atomic E-state index is 13.7. The van der Waals surface area contributed by atoms with E-state index in [1.165, 1.54) is 22.7 Å². The van der Waals surface area contributed by atoms with Crippen molar-refractivity contribution in [2.24, 2.45) is 5.41 Å². The molecular formula is C27H35F8N3O4S. The molecule has 1 saturated heterocycles. The van der Waals surface area contributed by atoms with E-state index in [9.17, 15) is 54.8 Å². The lowest BCUT2D eigenvalue weighted by Gasteiger charge is -2.31. The van der Waals surface area contributed by atoms with Crippen LogP contribution in [0.4, 0.5) is 45.6 Å². The van der Waals surface area contributed by atoms with Crippen LogP contribution in [-0.2, 0) is 11.0 Å². The summed E-state index contributed by atoms with van der Waals surface area (Å²) >= 11 is 1.29. The van der Waals surface area contributed by atoms with Gasteiger partial charge in [0.2, 0.25) is 5.91 Å². The number of hydrogen-bond donors (Lipinski definition) is 1. The number of benzene rings is 1. The minimum atomic E-state index is -5.55. The maximum absolute atomic E-state index is 13.7. The molecule has 0 spiro atoms. The molecule has 0 bridgehead atoms. The number of imide groups is 1. The van der Waals surface area contributed by atoms with Crippen molar-refractivity contribution in [1.29, 1.82) is 0 Å². The van der Waals surface area contributed by atoms with Gasteiger partial charge in [-0.25, -0.2) is 4.79 Å². The Kier molecular flexibility index (Phi) is 12.7. The summed E-state index contributed by atoms with van der Waals surface area (Å²) in [4.78, 5) is 34.9. The van der Waals surface area contributed by atoms with E-state index in [-0.39, 0.29) is 37.2 Å². The lowest BCUT2D eigenvalue weighted by molar-refractivity contribution is -0.388. The Bertz CT molecular complexity index is 1130. The van der Waals surface area contributed by atoms with Crippen LogP contribution in [0.15, 0.2) is 18.2 Å². The summed E-state index contributed by atoms with van der Waals surface area (Å²) in [6.07, 6.45) is -8.61. The second kappa shape index (κ2) is 14.9. The van der Waals surface area contributed by atoms with E-state index in [1.54, 1.807) is 0 Å². The summed E-state index contributed by atoms with van der Waals surface area (Å²) in [7, 11) is 0. The number of nitro groups is 1. The van der Waals surface area contributed by atoms with Crippen molar-refractivity contribution in [3.8, 4) is 0 Å². The molecule has 1 fully saturated rings. The van der Waals surface area contributed by atoms with Gasteiger partial charge < -0.3 is 4.90 Å². The third kappa shape index (κ3) is 11.4. The summed E-state index contributed by atoms with van der Waals surface area (Å²) < 4.78 is 104. The van der Waals surface area contributed by atoms with Crippen LogP contribution in [0.5, 0.6) is 0 Å². The Morgan fingerprint density at radius 3 is 2.19 bits per heavy atom. The number of carbonyl (C=O) groups is 2. The van der Waals surface area contributed by atoms with Crippen molar-refractivity contribution in [3.05, 3.63) is 39.4 Å². The van der Waals surface area contributed by atoms with E-state index < -0.39 is 64.1 Å². The number of nitro benzene ring substituents is 1. The molecule has 7 nitrogen and oxygen atoms in total. The molecule has 43 heavy (non-hydrogen) atoms. The van der Waals surface area contributed by atoms with E-state index in [0.29, 0.717) is 25.0 Å². The molecule has 1 aliphatic heterocycles. The number of unbranched alkanes of at least 4 members (excludes halogenated alkanes) is 2. The Morgan fingerprint density at radius 1 is 0.977 bits per heavy atom. The summed E-state index contributed by atoms with van der Waals surface area (Å²) in [5, 5.41) is 13.4. The number of hydrogen-bond acceptors (Lipinski definition) is 5. The summed E-state index contributed by atoms with van der Waals surface area (Å²) in [6, 6.07) is 2.28. The Hall–Kier alpha value is -2.65. The molecule has 1 aromatic rings. The molecule has 1 N–H and O–H groups in total. The Labute approximate surface area is 248 Å². The molecule has 244 valence electrons. The highest BCUT2D eigenvalue weighted by molar-refractivity contribution is 7.99. The van der Waals surface area contributed by atoms with Gasteiger partial charge in [-0.3, -0.25) is 20.2 Å². The highest BCUT2D eigenvalue weighted by Crippen LogP contribution is 2.42. The van der Waals surface area contributed by atoms with Crippen molar-refractivity contribution in [2.75, 3.05) is 24.6 Å². The van der Waals surface area contributed by atoms with Crippen LogP contribution >= 0.6 is 11.8 Å². The van der Waals surface area contributed by atoms with Gasteiger partial charge >= 0.3 is 24.3 Å². The maximum Gasteiger partial charge on any atom is 0.453 e. The Balaban J connectivity index is 1.97. The molecule has 0 radical (unpaired) electrons. The van der Waals surface area contributed by atoms with Crippen LogP contribution in [0, 0.1) is 15.5 Å². The van der Waals surface area contributed by atoms with Crippen LogP contribution in [0.1, 0.15) is 82.3 Å². The molecule has 1 unspecified atom stereocenters. The quantitative estimate of drug-likeness (QED) is 0.0603. The molecule has 1 aliphatic rings. The standard InChI is InChI=1S/C27H35F8N3O4S/c1-24(2,10-4-3-5-13-43-14-6-11-25(28,29)27(33,34)35)16-19(9-12-37-17-22(39)36-23(37)40)18-7-8-21(38(41)42)20(15-18)26(30,31)32/h7-8,15,19H,3-6,9-14,16-17H2,1-2H3,(H,36,39,40). The van der Waals surface area contributed by atoms with Crippen molar-refractivity contribution >= 4 is 29.4 Å². The molecule has 1 aromatic carbocycles. The Morgan fingerprint density at radius 2 is 1.63 bits per heavy atom. The van der Waals surface area contributed by atoms with Gasteiger partial charge in [-0.1, -0.05) is 32.8 Å². The number of carbonyl (C=O) groups excluding carboxylic acids is 2. The minimum Gasteiger partial charge on any atom is -0.315 e. The fourth-order valence-corrected chi connectivity index (χ4v) is 5.91. The zero-order chi connectivity index (χ0) is 32.6. The highest BCUT2D eigenvalue weighted by Gasteiger charge is 2.56. The van der Waals surface area contributed by atoms with E-state index in [0.717, 1.165) is 25.0 Å². The number of thioether (sulfide) groups is 1. The van der Waals surface area contributed by atoms with E-state index in [4.69, 9.17) is 0 Å². The molecule has 1 atom stereocenters. The van der Waals surface area contributed by atoms with Gasteiger partial charge in [0.25, 0.3) is 5.69 Å². The summed E-state index contributed by atoms with van der Waals surface area (Å²) in [6.45, 7) is 3.77. The number of urea groups is 1. The molecule has 1 heterocycles. The average Bonchev–Trinajstić information content (AvgIpc) is 3.20. The fraction of sp³-hybridized carbons (Fsp3) is 0.704. The third-order valence-electron chi connectivity index (χ3n) is 7.25. The van der Waals surface area contributed by atoms with E-state index in [2.05, 4.69) is 5.32 Å². The first-order valence-electron chi connectivity index (χ1n) is 13.7. The molecule has 2 rings (SSSR count). The number of amides is 3. The van der Waals surface area contributed by atoms with Gasteiger partial charge in [-0.2, -0.15) is 46.9 Å². The van der Waals surface area contributed by atoms with Crippen LogP contribution in [0.2, 0.25) is 0 Å². The van der Waals surface area contributed by atoms with Crippen LogP contribution in [0.3, 0.4) is 0 Å². The SMILES string of the molecule is CC(C)(CCCCCSCCCC(F)(F)C(F)(F)F)CC(CCN1CC(=O)NC1=O)c1ccc([N+](=O)[O-])c(C(F)(F)F)c1. The van der Waals surface area contributed by atoms with Gasteiger partial charge in [0.05, 0.1) is 4.92 Å². The zero-order valence-electron chi connectivity index (χ0n) is 23.8. The third-order valence-corrected chi connectivity index (χ3v) is 8.40. The lowest BCUT2D eigenvalue weighted by Crippen LogP contribution is -2.36.